The lowest BCUT2D eigenvalue weighted by atomic mass is 10.2. The van der Waals surface area contributed by atoms with Crippen LogP contribution in [0, 0.1) is 6.92 Å². The van der Waals surface area contributed by atoms with E-state index in [1.807, 2.05) is 44.2 Å². The van der Waals surface area contributed by atoms with E-state index >= 15 is 0 Å². The maximum atomic E-state index is 12.4. The van der Waals surface area contributed by atoms with Crippen molar-refractivity contribution in [1.29, 1.82) is 0 Å². The van der Waals surface area contributed by atoms with Gasteiger partial charge in [0.2, 0.25) is 0 Å². The summed E-state index contributed by atoms with van der Waals surface area (Å²) in [4.78, 5) is 12.4. The smallest absolute Gasteiger partial charge is 0.260 e. The zero-order valence-electron chi connectivity index (χ0n) is 13.5. The van der Waals surface area contributed by atoms with Crippen molar-refractivity contribution >= 4 is 23.3 Å². The summed E-state index contributed by atoms with van der Waals surface area (Å²) >= 11 is 6.20. The van der Waals surface area contributed by atoms with Crippen LogP contribution in [0.3, 0.4) is 0 Å². The molecule has 1 amide bonds. The van der Waals surface area contributed by atoms with E-state index in [1.54, 1.807) is 21.8 Å². The molecule has 6 nitrogen and oxygen atoms in total. The van der Waals surface area contributed by atoms with Gasteiger partial charge in [-0.3, -0.25) is 14.2 Å². The molecule has 2 aromatic heterocycles. The number of anilines is 1. The van der Waals surface area contributed by atoms with E-state index in [9.17, 15) is 4.79 Å². The number of rotatable bonds is 5. The number of hydrogen-bond acceptors (Lipinski definition) is 3. The average Bonchev–Trinajstić information content (AvgIpc) is 3.11. The summed E-state index contributed by atoms with van der Waals surface area (Å²) in [6.45, 7) is 5.14. The standard InChI is InChI=1S/C17H18ClN5O/c1-3-23-12(2)14(9-19-23)17(24)20-16-15(18)11-22(21-16)10-13-7-5-4-6-8-13/h4-9,11H,3,10H2,1-2H3,(H,20,21,24). The van der Waals surface area contributed by atoms with Gasteiger partial charge in [0, 0.05) is 18.4 Å². The first-order valence-corrected chi connectivity index (χ1v) is 8.07. The van der Waals surface area contributed by atoms with Crippen LogP contribution >= 0.6 is 11.6 Å². The summed E-state index contributed by atoms with van der Waals surface area (Å²) in [5.74, 6) is 0.0836. The first-order valence-electron chi connectivity index (χ1n) is 7.69. The lowest BCUT2D eigenvalue weighted by molar-refractivity contribution is 0.102. The van der Waals surface area contributed by atoms with Gasteiger partial charge in [-0.25, -0.2) is 0 Å². The number of halogens is 1. The van der Waals surface area contributed by atoms with Crippen molar-refractivity contribution in [1.82, 2.24) is 19.6 Å². The van der Waals surface area contributed by atoms with Crippen molar-refractivity contribution in [3.63, 3.8) is 0 Å². The van der Waals surface area contributed by atoms with Gasteiger partial charge in [-0.15, -0.1) is 0 Å². The Labute approximate surface area is 145 Å². The second-order valence-electron chi connectivity index (χ2n) is 5.42. The molecular formula is C17H18ClN5O. The summed E-state index contributed by atoms with van der Waals surface area (Å²) in [6.07, 6.45) is 3.26. The normalized spacial score (nSPS) is 10.8. The molecule has 0 aliphatic heterocycles. The first-order chi connectivity index (χ1) is 11.6. The Kier molecular flexibility index (Phi) is 4.66. The number of nitrogens with zero attached hydrogens (tertiary/aromatic N) is 4. The number of nitrogens with one attached hydrogen (secondary N) is 1. The summed E-state index contributed by atoms with van der Waals surface area (Å²) in [6, 6.07) is 9.92. The number of amides is 1. The molecule has 0 unspecified atom stereocenters. The van der Waals surface area contributed by atoms with Gasteiger partial charge in [0.25, 0.3) is 5.91 Å². The van der Waals surface area contributed by atoms with E-state index in [1.165, 1.54) is 0 Å². The molecule has 124 valence electrons. The van der Waals surface area contributed by atoms with Crippen molar-refractivity contribution < 1.29 is 4.79 Å². The van der Waals surface area contributed by atoms with Crippen LogP contribution in [0.2, 0.25) is 5.02 Å². The van der Waals surface area contributed by atoms with Crippen LogP contribution in [0.5, 0.6) is 0 Å². The Bertz CT molecular complexity index is 853. The number of carbonyl (C=O) groups is 1. The van der Waals surface area contributed by atoms with Crippen molar-refractivity contribution in [2.75, 3.05) is 5.32 Å². The first kappa shape index (κ1) is 16.3. The highest BCUT2D eigenvalue weighted by atomic mass is 35.5. The zero-order valence-corrected chi connectivity index (χ0v) is 14.3. The molecule has 7 heteroatoms. The molecule has 2 heterocycles. The molecule has 0 aliphatic rings. The second-order valence-corrected chi connectivity index (χ2v) is 5.83. The second kappa shape index (κ2) is 6.88. The minimum Gasteiger partial charge on any atom is -0.304 e. The topological polar surface area (TPSA) is 64.7 Å². The van der Waals surface area contributed by atoms with Crippen molar-refractivity contribution in [3.05, 3.63) is 64.6 Å². The highest BCUT2D eigenvalue weighted by Gasteiger charge is 2.17. The van der Waals surface area contributed by atoms with Crippen molar-refractivity contribution in [3.8, 4) is 0 Å². The van der Waals surface area contributed by atoms with Crippen LogP contribution in [0.4, 0.5) is 5.82 Å². The molecule has 3 aromatic rings. The number of aryl methyl sites for hydroxylation is 1. The van der Waals surface area contributed by atoms with Gasteiger partial charge in [0.1, 0.15) is 5.02 Å². The van der Waals surface area contributed by atoms with E-state index in [-0.39, 0.29) is 5.91 Å². The number of hydrogen-bond donors (Lipinski definition) is 1. The highest BCUT2D eigenvalue weighted by Crippen LogP contribution is 2.21. The lowest BCUT2D eigenvalue weighted by Crippen LogP contribution is -2.14. The van der Waals surface area contributed by atoms with Gasteiger partial charge >= 0.3 is 0 Å². The Morgan fingerprint density at radius 2 is 2.04 bits per heavy atom. The van der Waals surface area contributed by atoms with E-state index < -0.39 is 0 Å². The molecule has 0 radical (unpaired) electrons. The summed E-state index contributed by atoms with van der Waals surface area (Å²) in [5.41, 5.74) is 2.44. The van der Waals surface area contributed by atoms with Crippen LogP contribution in [0.25, 0.3) is 0 Å². The van der Waals surface area contributed by atoms with Crippen LogP contribution in [-0.2, 0) is 13.1 Å². The fourth-order valence-electron chi connectivity index (χ4n) is 2.50. The Morgan fingerprint density at radius 3 is 2.71 bits per heavy atom. The van der Waals surface area contributed by atoms with Gasteiger partial charge in [0.15, 0.2) is 5.82 Å². The van der Waals surface area contributed by atoms with Crippen LogP contribution in [-0.4, -0.2) is 25.5 Å². The van der Waals surface area contributed by atoms with E-state index in [0.29, 0.717) is 29.5 Å². The summed E-state index contributed by atoms with van der Waals surface area (Å²) in [5, 5.41) is 11.7. The molecule has 24 heavy (non-hydrogen) atoms. The molecule has 1 aromatic carbocycles. The molecular weight excluding hydrogens is 326 g/mol. The largest absolute Gasteiger partial charge is 0.304 e. The van der Waals surface area contributed by atoms with Gasteiger partial charge in [-0.05, 0) is 19.4 Å². The molecule has 0 atom stereocenters. The van der Waals surface area contributed by atoms with Crippen molar-refractivity contribution in [2.24, 2.45) is 0 Å². The van der Waals surface area contributed by atoms with Gasteiger partial charge in [-0.1, -0.05) is 41.9 Å². The molecule has 0 bridgehead atoms. The fraction of sp³-hybridized carbons (Fsp3) is 0.235. The van der Waals surface area contributed by atoms with Gasteiger partial charge in [-0.2, -0.15) is 10.2 Å². The lowest BCUT2D eigenvalue weighted by Gasteiger charge is -2.04. The monoisotopic (exact) mass is 343 g/mol. The molecule has 1 N–H and O–H groups in total. The molecule has 0 saturated heterocycles. The van der Waals surface area contributed by atoms with Crippen LogP contribution in [0.15, 0.2) is 42.7 Å². The number of benzene rings is 1. The quantitative estimate of drug-likeness (QED) is 0.772. The predicted octanol–water partition coefficient (Wildman–Crippen LogP) is 3.36. The molecule has 0 saturated carbocycles. The van der Waals surface area contributed by atoms with E-state index in [0.717, 1.165) is 11.3 Å². The molecule has 0 aliphatic carbocycles. The van der Waals surface area contributed by atoms with E-state index in [2.05, 4.69) is 15.5 Å². The minimum absolute atomic E-state index is 0.265. The van der Waals surface area contributed by atoms with Gasteiger partial charge < -0.3 is 5.32 Å². The Morgan fingerprint density at radius 1 is 1.29 bits per heavy atom. The van der Waals surface area contributed by atoms with E-state index in [4.69, 9.17) is 11.6 Å². The third-order valence-corrected chi connectivity index (χ3v) is 4.06. The Balaban J connectivity index is 1.75. The maximum Gasteiger partial charge on any atom is 0.260 e. The number of aromatic nitrogens is 4. The van der Waals surface area contributed by atoms with Crippen LogP contribution in [0.1, 0.15) is 28.5 Å². The molecule has 0 spiro atoms. The highest BCUT2D eigenvalue weighted by molar-refractivity contribution is 6.33. The predicted molar refractivity (Wildman–Crippen MR) is 93.4 cm³/mol. The maximum absolute atomic E-state index is 12.4. The minimum atomic E-state index is -0.265. The SMILES string of the molecule is CCn1ncc(C(=O)Nc2nn(Cc3ccccc3)cc2Cl)c1C. The molecule has 3 rings (SSSR count). The summed E-state index contributed by atoms with van der Waals surface area (Å²) in [7, 11) is 0. The Hall–Kier alpha value is -2.60. The molecule has 0 fully saturated rings. The van der Waals surface area contributed by atoms with Gasteiger partial charge in [0.05, 0.1) is 18.3 Å². The average molecular weight is 344 g/mol. The van der Waals surface area contributed by atoms with Crippen molar-refractivity contribution in [2.45, 2.75) is 26.9 Å². The fourth-order valence-corrected chi connectivity index (χ4v) is 2.69. The third kappa shape index (κ3) is 3.33. The zero-order chi connectivity index (χ0) is 17.1. The number of carbonyl (C=O) groups excluding carboxylic acids is 1. The van der Waals surface area contributed by atoms with Crippen LogP contribution < -0.4 is 5.32 Å². The third-order valence-electron chi connectivity index (χ3n) is 3.78. The summed E-state index contributed by atoms with van der Waals surface area (Å²) < 4.78 is 3.47.